The number of aliphatic hydroxyl groups excluding tert-OH is 4. The zero-order valence-electron chi connectivity index (χ0n) is 17.3. The lowest BCUT2D eigenvalue weighted by molar-refractivity contribution is 0.0162. The minimum atomic E-state index is -1.21. The molecule has 8 N–H and O–H groups in total. The highest BCUT2D eigenvalue weighted by atomic mass is 33.1. The van der Waals surface area contributed by atoms with Crippen molar-refractivity contribution in [3.05, 3.63) is 32.2 Å². The quantitative estimate of drug-likeness (QED) is 0.167. The molecule has 12 nitrogen and oxygen atoms in total. The summed E-state index contributed by atoms with van der Waals surface area (Å²) < 4.78 is 11.5. The fourth-order valence-corrected chi connectivity index (χ4v) is 7.63. The number of primary amides is 2. The number of aromatic nitrogens is 2. The molecule has 0 radical (unpaired) electrons. The van der Waals surface area contributed by atoms with Gasteiger partial charge in [0.2, 0.25) is 0 Å². The summed E-state index contributed by atoms with van der Waals surface area (Å²) in [6.45, 7) is 0. The Kier molecular flexibility index (Phi) is 8.13. The fraction of sp³-hybridized carbons (Fsp3) is 0.556. The molecule has 4 heterocycles. The molecule has 0 saturated carbocycles. The Labute approximate surface area is 209 Å². The molecule has 8 atom stereocenters. The number of carbonyl (C=O) groups excluding carboxylic acids is 2. The van der Waals surface area contributed by atoms with Gasteiger partial charge in [-0.3, -0.25) is 9.59 Å². The van der Waals surface area contributed by atoms with Crippen molar-refractivity contribution < 1.29 is 39.5 Å². The van der Waals surface area contributed by atoms with Crippen LogP contribution in [0.15, 0.2) is 10.8 Å². The van der Waals surface area contributed by atoms with Crippen LogP contribution in [-0.2, 0) is 9.47 Å². The van der Waals surface area contributed by atoms with Crippen LogP contribution < -0.4 is 11.5 Å². The summed E-state index contributed by atoms with van der Waals surface area (Å²) in [5.74, 6) is -0.746. The number of rotatable bonds is 9. The second kappa shape index (κ2) is 10.7. The lowest BCUT2D eigenvalue weighted by Gasteiger charge is -2.16. The summed E-state index contributed by atoms with van der Waals surface area (Å²) in [6.07, 6.45) is -7.83. The minimum Gasteiger partial charge on any atom is -0.388 e. The summed E-state index contributed by atoms with van der Waals surface area (Å²) in [4.78, 5) is 30.6. The van der Waals surface area contributed by atoms with E-state index < -0.39 is 60.6 Å². The molecule has 2 aromatic heterocycles. The van der Waals surface area contributed by atoms with Crippen LogP contribution >= 0.6 is 44.3 Å². The van der Waals surface area contributed by atoms with Gasteiger partial charge in [-0.2, -0.15) is 0 Å². The number of nitrogens with zero attached hydrogens (tertiary/aromatic N) is 2. The van der Waals surface area contributed by atoms with Gasteiger partial charge in [-0.15, -0.1) is 22.7 Å². The number of hydrogen-bond donors (Lipinski definition) is 6. The van der Waals surface area contributed by atoms with E-state index in [1.165, 1.54) is 32.3 Å². The molecule has 2 aromatic rings. The number of thiazole rings is 2. The maximum Gasteiger partial charge on any atom is 0.268 e. The van der Waals surface area contributed by atoms with Gasteiger partial charge in [-0.05, 0) is 0 Å². The Morgan fingerprint density at radius 1 is 0.794 bits per heavy atom. The maximum atomic E-state index is 11.2. The van der Waals surface area contributed by atoms with Crippen LogP contribution in [0.3, 0.4) is 0 Å². The molecule has 4 rings (SSSR count). The summed E-state index contributed by atoms with van der Waals surface area (Å²) >= 11 is 2.22. The van der Waals surface area contributed by atoms with Crippen molar-refractivity contribution in [2.75, 3.05) is 11.5 Å². The van der Waals surface area contributed by atoms with Crippen molar-refractivity contribution in [1.29, 1.82) is 0 Å². The van der Waals surface area contributed by atoms with E-state index >= 15 is 0 Å². The highest BCUT2D eigenvalue weighted by Gasteiger charge is 2.46. The summed E-state index contributed by atoms with van der Waals surface area (Å²) in [5, 5.41) is 45.0. The predicted molar refractivity (Wildman–Crippen MR) is 125 cm³/mol. The number of hydrogen-bond acceptors (Lipinski definition) is 14. The van der Waals surface area contributed by atoms with E-state index in [1.54, 1.807) is 0 Å². The molecule has 0 bridgehead atoms. The molecule has 16 heteroatoms. The van der Waals surface area contributed by atoms with Crippen molar-refractivity contribution >= 4 is 56.1 Å². The number of nitrogens with two attached hydrogens (primary N) is 2. The molecular formula is C18H22N4O8S4. The predicted octanol–water partition coefficient (Wildman–Crippen LogP) is -0.798. The largest absolute Gasteiger partial charge is 0.388 e. The van der Waals surface area contributed by atoms with Gasteiger partial charge in [0.25, 0.3) is 11.8 Å². The van der Waals surface area contributed by atoms with Crippen LogP contribution in [0.5, 0.6) is 0 Å². The van der Waals surface area contributed by atoms with Gasteiger partial charge in [-0.1, -0.05) is 21.6 Å². The van der Waals surface area contributed by atoms with Crippen molar-refractivity contribution in [1.82, 2.24) is 9.97 Å². The molecule has 0 unspecified atom stereocenters. The Morgan fingerprint density at radius 3 is 1.50 bits per heavy atom. The Morgan fingerprint density at radius 2 is 1.18 bits per heavy atom. The molecule has 2 saturated heterocycles. The van der Waals surface area contributed by atoms with E-state index in [4.69, 9.17) is 20.9 Å². The van der Waals surface area contributed by atoms with Gasteiger partial charge in [0.05, 0.1) is 12.2 Å². The third-order valence-electron chi connectivity index (χ3n) is 5.31. The van der Waals surface area contributed by atoms with E-state index in [0.717, 1.165) is 22.7 Å². The fourth-order valence-electron chi connectivity index (χ4n) is 3.47. The standard InChI is InChI=1S/C18H22N4O8S4/c19-15(27)5-1-31-17(21-5)13-11(25)9(23)7(29-13)3-33-34-4-8-10(24)12(26)14(30-8)18-22-6(2-32-18)16(20)28/h1-2,7-14,23-26H,3-4H2,(H2,19,27)(H2,20,28)/t7-,8-,9-,10-,11-,12-,13-,14-/m1/s1. The molecule has 2 fully saturated rings. The van der Waals surface area contributed by atoms with Gasteiger partial charge < -0.3 is 41.4 Å². The lowest BCUT2D eigenvalue weighted by atomic mass is 10.1. The molecule has 186 valence electrons. The van der Waals surface area contributed by atoms with Crippen LogP contribution in [0.25, 0.3) is 0 Å². The lowest BCUT2D eigenvalue weighted by Crippen LogP contribution is -2.32. The van der Waals surface area contributed by atoms with E-state index in [2.05, 4.69) is 9.97 Å². The molecule has 34 heavy (non-hydrogen) atoms. The average molecular weight is 551 g/mol. The van der Waals surface area contributed by atoms with Gasteiger partial charge in [0, 0.05) is 22.3 Å². The Balaban J connectivity index is 1.26. The molecule has 0 aromatic carbocycles. The Hall–Kier alpha value is -1.34. The van der Waals surface area contributed by atoms with Crippen LogP contribution in [0.1, 0.15) is 43.2 Å². The molecular weight excluding hydrogens is 528 g/mol. The molecule has 0 aliphatic carbocycles. The molecule has 2 aliphatic heterocycles. The van der Waals surface area contributed by atoms with E-state index in [0.29, 0.717) is 21.5 Å². The third-order valence-corrected chi connectivity index (χ3v) is 9.53. The van der Waals surface area contributed by atoms with Gasteiger partial charge in [-0.25, -0.2) is 9.97 Å². The van der Waals surface area contributed by atoms with E-state index in [9.17, 15) is 30.0 Å². The van der Waals surface area contributed by atoms with Crippen molar-refractivity contribution in [2.45, 2.75) is 48.8 Å². The normalized spacial score (nSPS) is 33.4. The highest BCUT2D eigenvalue weighted by Crippen LogP contribution is 2.40. The topological polar surface area (TPSA) is 211 Å². The van der Waals surface area contributed by atoms with Crippen LogP contribution in [0, 0.1) is 0 Å². The van der Waals surface area contributed by atoms with E-state index in [1.807, 2.05) is 0 Å². The van der Waals surface area contributed by atoms with Gasteiger partial charge >= 0.3 is 0 Å². The smallest absolute Gasteiger partial charge is 0.268 e. The minimum absolute atomic E-state index is 0.0675. The first kappa shape index (κ1) is 25.7. The van der Waals surface area contributed by atoms with Crippen molar-refractivity contribution in [2.24, 2.45) is 11.5 Å². The molecule has 2 aliphatic rings. The number of amides is 2. The average Bonchev–Trinajstić information content (AvgIpc) is 3.57. The van der Waals surface area contributed by atoms with Crippen LogP contribution in [-0.4, -0.2) is 90.3 Å². The van der Waals surface area contributed by atoms with Crippen molar-refractivity contribution in [3.8, 4) is 0 Å². The summed E-state index contributed by atoms with van der Waals surface area (Å²) in [6, 6.07) is 0. The number of carbonyl (C=O) groups is 2. The van der Waals surface area contributed by atoms with Crippen LogP contribution in [0.2, 0.25) is 0 Å². The van der Waals surface area contributed by atoms with Gasteiger partial charge in [0.1, 0.15) is 58.0 Å². The first-order valence-electron chi connectivity index (χ1n) is 9.95. The monoisotopic (exact) mass is 550 g/mol. The van der Waals surface area contributed by atoms with E-state index in [-0.39, 0.29) is 11.4 Å². The second-order valence-electron chi connectivity index (χ2n) is 7.59. The maximum absolute atomic E-state index is 11.2. The highest BCUT2D eigenvalue weighted by molar-refractivity contribution is 8.76. The SMILES string of the molecule is NC(=O)c1csc([C@@H]2O[C@H](CSSC[C@H]3O[C@@H](c4nc(C(N)=O)cs4)[C@H](O)[C@@H]3O)[C@@H](O)[C@H]2O)n1. The van der Waals surface area contributed by atoms with Crippen LogP contribution in [0.4, 0.5) is 0 Å². The number of aliphatic hydroxyl groups is 4. The summed E-state index contributed by atoms with van der Waals surface area (Å²) in [5.41, 5.74) is 10.5. The third kappa shape index (κ3) is 5.25. The summed E-state index contributed by atoms with van der Waals surface area (Å²) in [7, 11) is 2.68. The first-order chi connectivity index (χ1) is 16.2. The molecule has 0 spiro atoms. The zero-order valence-corrected chi connectivity index (χ0v) is 20.6. The zero-order chi connectivity index (χ0) is 24.6. The second-order valence-corrected chi connectivity index (χ2v) is 11.9. The van der Waals surface area contributed by atoms with Gasteiger partial charge in [0.15, 0.2) is 0 Å². The number of ether oxygens (including phenoxy) is 2. The first-order valence-corrected chi connectivity index (χ1v) is 14.2. The Bertz CT molecular complexity index is 957. The van der Waals surface area contributed by atoms with Crippen molar-refractivity contribution in [3.63, 3.8) is 0 Å². The molecule has 2 amide bonds.